The molecule has 33 heavy (non-hydrogen) atoms. The van der Waals surface area contributed by atoms with Gasteiger partial charge in [0.2, 0.25) is 0 Å². The fraction of sp³-hybridized carbons (Fsp3) is 0.391. The maximum atomic E-state index is 14.0. The van der Waals surface area contributed by atoms with E-state index in [-0.39, 0.29) is 24.3 Å². The fourth-order valence-corrected chi connectivity index (χ4v) is 4.33. The quantitative estimate of drug-likeness (QED) is 0.554. The van der Waals surface area contributed by atoms with Crippen molar-refractivity contribution in [3.8, 4) is 5.75 Å². The van der Waals surface area contributed by atoms with Crippen LogP contribution in [-0.2, 0) is 18.3 Å². The van der Waals surface area contributed by atoms with Gasteiger partial charge in [-0.25, -0.2) is 9.07 Å². The summed E-state index contributed by atoms with van der Waals surface area (Å²) >= 11 is 0. The van der Waals surface area contributed by atoms with Crippen molar-refractivity contribution in [3.05, 3.63) is 76.9 Å². The van der Waals surface area contributed by atoms with Crippen LogP contribution in [0.5, 0.6) is 5.75 Å². The number of alkyl halides is 3. The van der Waals surface area contributed by atoms with Gasteiger partial charge in [0.05, 0.1) is 42.8 Å². The average molecular weight is 464 g/mol. The molecule has 0 amide bonds. The van der Waals surface area contributed by atoms with E-state index in [9.17, 15) is 22.7 Å². The van der Waals surface area contributed by atoms with Crippen molar-refractivity contribution in [2.45, 2.75) is 50.2 Å². The lowest BCUT2D eigenvalue weighted by molar-refractivity contribution is -0.137. The van der Waals surface area contributed by atoms with Gasteiger partial charge in [-0.1, -0.05) is 23.4 Å². The Morgan fingerprint density at radius 1 is 1.18 bits per heavy atom. The van der Waals surface area contributed by atoms with Crippen LogP contribution in [0.4, 0.5) is 17.6 Å². The number of piperidine rings is 1. The molecule has 3 aromatic rings. The Morgan fingerprint density at radius 3 is 2.55 bits per heavy atom. The Morgan fingerprint density at radius 2 is 1.91 bits per heavy atom. The molecule has 1 aromatic heterocycles. The Hall–Kier alpha value is -2.98. The molecule has 1 saturated heterocycles. The Balaban J connectivity index is 1.51. The third kappa shape index (κ3) is 5.01. The van der Waals surface area contributed by atoms with Crippen molar-refractivity contribution in [2.75, 3.05) is 7.11 Å². The summed E-state index contributed by atoms with van der Waals surface area (Å²) in [4.78, 5) is 0. The number of benzene rings is 2. The maximum absolute atomic E-state index is 14.0. The molecule has 0 saturated carbocycles. The van der Waals surface area contributed by atoms with Gasteiger partial charge in [-0.05, 0) is 48.7 Å². The second-order valence-electron chi connectivity index (χ2n) is 8.45. The summed E-state index contributed by atoms with van der Waals surface area (Å²) in [6, 6.07) is 8.78. The number of aliphatic hydroxyl groups is 1. The van der Waals surface area contributed by atoms with Crippen LogP contribution in [0.2, 0.25) is 0 Å². The highest BCUT2D eigenvalue weighted by molar-refractivity contribution is 5.31. The summed E-state index contributed by atoms with van der Waals surface area (Å²) in [5, 5.41) is 23.0. The Kier molecular flexibility index (Phi) is 6.15. The van der Waals surface area contributed by atoms with E-state index in [1.807, 2.05) is 6.92 Å². The highest BCUT2D eigenvalue weighted by Crippen LogP contribution is 2.40. The summed E-state index contributed by atoms with van der Waals surface area (Å²) in [7, 11) is 1.39. The fourth-order valence-electron chi connectivity index (χ4n) is 4.33. The number of nitrogens with one attached hydrogen (secondary N) is 1. The number of rotatable bonds is 5. The highest BCUT2D eigenvalue weighted by Gasteiger charge is 2.41. The normalized spacial score (nSPS) is 23.5. The zero-order valence-electron chi connectivity index (χ0n) is 18.1. The SMILES string of the molecule is COc1ccc(Cn2cc([C@@H]3CC(O)(c4ccc(C(F)(F)F)cc4)C[C@H](C)N3)nn2)cc1F. The van der Waals surface area contributed by atoms with Gasteiger partial charge < -0.3 is 15.2 Å². The lowest BCUT2D eigenvalue weighted by Crippen LogP contribution is -2.47. The van der Waals surface area contributed by atoms with Crippen LogP contribution in [0, 0.1) is 5.82 Å². The summed E-state index contributed by atoms with van der Waals surface area (Å²) in [5.74, 6) is -0.319. The van der Waals surface area contributed by atoms with Gasteiger partial charge in [-0.15, -0.1) is 5.10 Å². The molecule has 0 spiro atoms. The van der Waals surface area contributed by atoms with Crippen LogP contribution in [0.3, 0.4) is 0 Å². The topological polar surface area (TPSA) is 72.2 Å². The molecular weight excluding hydrogens is 440 g/mol. The molecule has 0 radical (unpaired) electrons. The molecule has 0 bridgehead atoms. The molecule has 2 heterocycles. The van der Waals surface area contributed by atoms with Crippen LogP contribution >= 0.6 is 0 Å². The van der Waals surface area contributed by atoms with E-state index in [2.05, 4.69) is 15.6 Å². The first-order valence-electron chi connectivity index (χ1n) is 10.5. The lowest BCUT2D eigenvalue weighted by Gasteiger charge is -2.40. The van der Waals surface area contributed by atoms with Crippen molar-refractivity contribution in [2.24, 2.45) is 0 Å². The predicted octanol–water partition coefficient (Wildman–Crippen LogP) is 4.19. The van der Waals surface area contributed by atoms with Crippen molar-refractivity contribution in [1.82, 2.24) is 20.3 Å². The minimum absolute atomic E-state index is 0.114. The lowest BCUT2D eigenvalue weighted by atomic mass is 9.78. The molecule has 1 fully saturated rings. The van der Waals surface area contributed by atoms with Crippen LogP contribution < -0.4 is 10.1 Å². The molecule has 2 N–H and O–H groups in total. The number of ether oxygens (including phenoxy) is 1. The maximum Gasteiger partial charge on any atom is 0.416 e. The molecule has 0 aliphatic carbocycles. The molecular formula is C23H24F4N4O2. The second kappa shape index (κ2) is 8.75. The van der Waals surface area contributed by atoms with E-state index in [1.165, 1.54) is 31.4 Å². The molecule has 2 aromatic carbocycles. The number of aromatic nitrogens is 3. The number of halogens is 4. The Bertz CT molecular complexity index is 1120. The summed E-state index contributed by atoms with van der Waals surface area (Å²) in [6.45, 7) is 2.19. The second-order valence-corrected chi connectivity index (χ2v) is 8.45. The third-order valence-corrected chi connectivity index (χ3v) is 5.90. The van der Waals surface area contributed by atoms with Gasteiger partial charge in [-0.2, -0.15) is 13.2 Å². The van der Waals surface area contributed by atoms with E-state index in [0.29, 0.717) is 29.8 Å². The van der Waals surface area contributed by atoms with E-state index >= 15 is 0 Å². The van der Waals surface area contributed by atoms with Crippen LogP contribution in [0.15, 0.2) is 48.7 Å². The van der Waals surface area contributed by atoms with Crippen molar-refractivity contribution < 1.29 is 27.4 Å². The predicted molar refractivity (Wildman–Crippen MR) is 112 cm³/mol. The molecule has 1 aliphatic rings. The van der Waals surface area contributed by atoms with Gasteiger partial charge in [-0.3, -0.25) is 0 Å². The average Bonchev–Trinajstić information content (AvgIpc) is 3.21. The molecule has 3 atom stereocenters. The first kappa shape index (κ1) is 23.2. The summed E-state index contributed by atoms with van der Waals surface area (Å²) in [6.07, 6.45) is -2.16. The number of hydrogen-bond donors (Lipinski definition) is 2. The molecule has 1 unspecified atom stereocenters. The third-order valence-electron chi connectivity index (χ3n) is 5.90. The molecule has 10 heteroatoms. The van der Waals surface area contributed by atoms with Gasteiger partial charge in [0.15, 0.2) is 11.6 Å². The zero-order chi connectivity index (χ0) is 23.8. The van der Waals surface area contributed by atoms with Crippen LogP contribution in [0.25, 0.3) is 0 Å². The molecule has 1 aliphatic heterocycles. The smallest absolute Gasteiger partial charge is 0.416 e. The van der Waals surface area contributed by atoms with Gasteiger partial charge in [0, 0.05) is 12.5 Å². The highest BCUT2D eigenvalue weighted by atomic mass is 19.4. The van der Waals surface area contributed by atoms with E-state index in [1.54, 1.807) is 16.9 Å². The first-order valence-corrected chi connectivity index (χ1v) is 10.5. The van der Waals surface area contributed by atoms with Crippen molar-refractivity contribution in [1.29, 1.82) is 0 Å². The van der Waals surface area contributed by atoms with Crippen LogP contribution in [-0.4, -0.2) is 33.3 Å². The van der Waals surface area contributed by atoms with Crippen molar-refractivity contribution >= 4 is 0 Å². The number of hydrogen-bond acceptors (Lipinski definition) is 5. The van der Waals surface area contributed by atoms with E-state index < -0.39 is 23.2 Å². The molecule has 176 valence electrons. The Labute approximate surface area is 188 Å². The minimum Gasteiger partial charge on any atom is -0.494 e. The minimum atomic E-state index is -4.43. The summed E-state index contributed by atoms with van der Waals surface area (Å²) < 4.78 is 59.2. The standard InChI is InChI=1S/C23H24F4N4O2/c1-14-10-22(32,16-4-6-17(7-5-16)23(25,26)27)11-19(28-14)20-13-31(30-29-20)12-15-3-8-21(33-2)18(24)9-15/h3-9,13-14,19,28,32H,10-12H2,1-2H3/t14-,19-,22?/m0/s1. The number of methoxy groups -OCH3 is 1. The molecule has 6 nitrogen and oxygen atoms in total. The monoisotopic (exact) mass is 464 g/mol. The van der Waals surface area contributed by atoms with Gasteiger partial charge in [0.25, 0.3) is 0 Å². The van der Waals surface area contributed by atoms with Gasteiger partial charge >= 0.3 is 6.18 Å². The van der Waals surface area contributed by atoms with Crippen LogP contribution in [0.1, 0.15) is 48.2 Å². The number of nitrogens with zero attached hydrogens (tertiary/aromatic N) is 3. The largest absolute Gasteiger partial charge is 0.494 e. The summed E-state index contributed by atoms with van der Waals surface area (Å²) in [5.41, 5.74) is -0.388. The van der Waals surface area contributed by atoms with Crippen molar-refractivity contribution in [3.63, 3.8) is 0 Å². The van der Waals surface area contributed by atoms with E-state index in [4.69, 9.17) is 4.74 Å². The first-order chi connectivity index (χ1) is 15.6. The van der Waals surface area contributed by atoms with E-state index in [0.717, 1.165) is 12.1 Å². The zero-order valence-corrected chi connectivity index (χ0v) is 18.1. The van der Waals surface area contributed by atoms with Gasteiger partial charge in [0.1, 0.15) is 0 Å². The molecule has 4 rings (SSSR count).